The minimum atomic E-state index is -0.487. The molecule has 1 aliphatic heterocycles. The zero-order valence-electron chi connectivity index (χ0n) is 15.9. The summed E-state index contributed by atoms with van der Waals surface area (Å²) in [6.07, 6.45) is 3.19. The third kappa shape index (κ3) is 3.89. The summed E-state index contributed by atoms with van der Waals surface area (Å²) in [7, 11) is 0. The molecule has 1 saturated carbocycles. The van der Waals surface area contributed by atoms with Crippen LogP contribution in [-0.4, -0.2) is 45.5 Å². The fourth-order valence-corrected chi connectivity index (χ4v) is 4.97. The number of halogens is 2. The Morgan fingerprint density at radius 3 is 2.83 bits per heavy atom. The lowest BCUT2D eigenvalue weighted by molar-refractivity contribution is 0.0735. The van der Waals surface area contributed by atoms with Crippen LogP contribution in [0.4, 0.5) is 0 Å². The van der Waals surface area contributed by atoms with Crippen molar-refractivity contribution >= 4 is 46.4 Å². The fraction of sp³-hybridized carbons (Fsp3) is 0.450. The van der Waals surface area contributed by atoms with Gasteiger partial charge in [-0.05, 0) is 50.3 Å². The Bertz CT molecular complexity index is 974. The van der Waals surface area contributed by atoms with Crippen molar-refractivity contribution in [1.82, 2.24) is 15.2 Å². The number of likely N-dealkylation sites (tertiary alicyclic amines) is 1. The van der Waals surface area contributed by atoms with E-state index in [0.29, 0.717) is 33.4 Å². The van der Waals surface area contributed by atoms with Crippen LogP contribution in [0.15, 0.2) is 17.5 Å². The number of aliphatic hydroxyl groups is 1. The van der Waals surface area contributed by atoms with Gasteiger partial charge in [0.15, 0.2) is 0 Å². The molecule has 2 fully saturated rings. The smallest absolute Gasteiger partial charge is 0.271 e. The number of hydrogen-bond acceptors (Lipinski definition) is 5. The molecule has 1 aromatic carbocycles. The van der Waals surface area contributed by atoms with Crippen molar-refractivity contribution in [2.45, 2.75) is 44.2 Å². The predicted octanol–water partition coefficient (Wildman–Crippen LogP) is 3.99. The molecular formula is C20H21Cl2N3O3S. The zero-order valence-corrected chi connectivity index (χ0v) is 18.2. The third-order valence-electron chi connectivity index (χ3n) is 5.64. The molecule has 0 spiro atoms. The monoisotopic (exact) mass is 453 g/mol. The maximum Gasteiger partial charge on any atom is 0.271 e. The van der Waals surface area contributed by atoms with E-state index in [4.69, 9.17) is 23.2 Å². The molecule has 4 rings (SSSR count). The highest BCUT2D eigenvalue weighted by Gasteiger charge is 2.44. The number of nitrogens with zero attached hydrogens (tertiary/aromatic N) is 2. The molecule has 1 aromatic heterocycles. The Hall–Kier alpha value is -1.67. The van der Waals surface area contributed by atoms with Crippen molar-refractivity contribution in [2.75, 3.05) is 13.2 Å². The topological polar surface area (TPSA) is 82.5 Å². The van der Waals surface area contributed by atoms with E-state index < -0.39 is 5.54 Å². The molecule has 0 radical (unpaired) electrons. The van der Waals surface area contributed by atoms with Crippen LogP contribution in [-0.2, 0) is 0 Å². The molecule has 0 unspecified atom stereocenters. The number of amides is 2. The summed E-state index contributed by atoms with van der Waals surface area (Å²) in [4.78, 5) is 31.9. The van der Waals surface area contributed by atoms with Crippen molar-refractivity contribution in [3.8, 4) is 0 Å². The first-order chi connectivity index (χ1) is 13.8. The second-order valence-electron chi connectivity index (χ2n) is 7.65. The van der Waals surface area contributed by atoms with Crippen LogP contribution in [0.3, 0.4) is 0 Å². The minimum absolute atomic E-state index is 0.0676. The molecule has 1 saturated heterocycles. The SMILES string of the molecule is Cc1c(Cl)ccc(C(=O)N2CCC[C@@H]2c2nc(C(=O)NC3(CO)CC3)cs2)c1Cl. The van der Waals surface area contributed by atoms with Crippen molar-refractivity contribution < 1.29 is 14.7 Å². The number of thiazole rings is 1. The van der Waals surface area contributed by atoms with Gasteiger partial charge in [-0.2, -0.15) is 0 Å². The van der Waals surface area contributed by atoms with Crippen molar-refractivity contribution in [3.05, 3.63) is 49.4 Å². The van der Waals surface area contributed by atoms with Crippen LogP contribution in [0.2, 0.25) is 10.0 Å². The quantitative estimate of drug-likeness (QED) is 0.716. The van der Waals surface area contributed by atoms with Gasteiger partial charge in [0.25, 0.3) is 11.8 Å². The summed E-state index contributed by atoms with van der Waals surface area (Å²) in [5.74, 6) is -0.443. The molecule has 2 aromatic rings. The van der Waals surface area contributed by atoms with Crippen LogP contribution >= 0.6 is 34.5 Å². The van der Waals surface area contributed by atoms with Gasteiger partial charge < -0.3 is 15.3 Å². The lowest BCUT2D eigenvalue weighted by Gasteiger charge is -2.24. The van der Waals surface area contributed by atoms with Crippen LogP contribution in [0.5, 0.6) is 0 Å². The number of aromatic nitrogens is 1. The second kappa shape index (κ2) is 7.87. The van der Waals surface area contributed by atoms with Crippen LogP contribution in [0.25, 0.3) is 0 Å². The molecule has 9 heteroatoms. The Morgan fingerprint density at radius 2 is 2.14 bits per heavy atom. The number of nitrogens with one attached hydrogen (secondary N) is 1. The van der Waals surface area contributed by atoms with Crippen molar-refractivity contribution in [3.63, 3.8) is 0 Å². The summed E-state index contributed by atoms with van der Waals surface area (Å²) in [5, 5.41) is 15.6. The number of benzene rings is 1. The van der Waals surface area contributed by atoms with Crippen LogP contribution < -0.4 is 5.32 Å². The Kier molecular flexibility index (Phi) is 5.59. The summed E-state index contributed by atoms with van der Waals surface area (Å²) in [5.41, 5.74) is 0.943. The van der Waals surface area contributed by atoms with E-state index in [-0.39, 0.29) is 24.5 Å². The van der Waals surface area contributed by atoms with Crippen LogP contribution in [0, 0.1) is 6.92 Å². The third-order valence-corrected chi connectivity index (χ3v) is 7.48. The predicted molar refractivity (Wildman–Crippen MR) is 113 cm³/mol. The molecular weight excluding hydrogens is 433 g/mol. The molecule has 2 aliphatic rings. The van der Waals surface area contributed by atoms with E-state index in [9.17, 15) is 14.7 Å². The van der Waals surface area contributed by atoms with E-state index in [0.717, 1.165) is 30.7 Å². The van der Waals surface area contributed by atoms with Gasteiger partial charge in [0, 0.05) is 16.9 Å². The number of hydrogen-bond donors (Lipinski definition) is 2. The second-order valence-corrected chi connectivity index (χ2v) is 9.33. The summed E-state index contributed by atoms with van der Waals surface area (Å²) in [6, 6.07) is 3.15. The highest BCUT2D eigenvalue weighted by atomic mass is 35.5. The van der Waals surface area contributed by atoms with E-state index in [2.05, 4.69) is 10.3 Å². The Labute approximate surface area is 182 Å². The Morgan fingerprint density at radius 1 is 1.38 bits per heavy atom. The Balaban J connectivity index is 1.53. The fourth-order valence-electron chi connectivity index (χ4n) is 3.57. The van der Waals surface area contributed by atoms with E-state index in [1.165, 1.54) is 11.3 Å². The molecule has 2 heterocycles. The molecule has 2 N–H and O–H groups in total. The molecule has 29 heavy (non-hydrogen) atoms. The van der Waals surface area contributed by atoms with Gasteiger partial charge in [0.1, 0.15) is 10.7 Å². The van der Waals surface area contributed by atoms with Gasteiger partial charge >= 0.3 is 0 Å². The van der Waals surface area contributed by atoms with E-state index >= 15 is 0 Å². The number of carbonyl (C=O) groups excluding carboxylic acids is 2. The minimum Gasteiger partial charge on any atom is -0.394 e. The van der Waals surface area contributed by atoms with E-state index in [1.807, 2.05) is 0 Å². The molecule has 0 bridgehead atoms. The first-order valence-electron chi connectivity index (χ1n) is 9.49. The summed E-state index contributed by atoms with van der Waals surface area (Å²) >= 11 is 13.8. The largest absolute Gasteiger partial charge is 0.394 e. The normalized spacial score (nSPS) is 20.0. The van der Waals surface area contributed by atoms with Gasteiger partial charge in [-0.15, -0.1) is 11.3 Å². The molecule has 1 atom stereocenters. The highest BCUT2D eigenvalue weighted by Crippen LogP contribution is 2.38. The van der Waals surface area contributed by atoms with Gasteiger partial charge in [-0.3, -0.25) is 9.59 Å². The highest BCUT2D eigenvalue weighted by molar-refractivity contribution is 7.09. The molecule has 2 amide bonds. The maximum absolute atomic E-state index is 13.2. The lowest BCUT2D eigenvalue weighted by Crippen LogP contribution is -2.39. The van der Waals surface area contributed by atoms with E-state index in [1.54, 1.807) is 29.3 Å². The molecule has 1 aliphatic carbocycles. The average Bonchev–Trinajstić information content (AvgIpc) is 3.11. The standard InChI is InChI=1S/C20H21Cl2N3O3S/c1-11-13(21)5-4-12(16(11)22)19(28)25-8-2-3-15(25)18-23-14(9-29-18)17(27)24-20(10-26)6-7-20/h4-5,9,15,26H,2-3,6-8,10H2,1H3,(H,24,27)/t15-/m1/s1. The van der Waals surface area contributed by atoms with Gasteiger partial charge in [0.05, 0.1) is 28.8 Å². The molecule has 6 nitrogen and oxygen atoms in total. The first kappa shape index (κ1) is 20.6. The number of carbonyl (C=O) groups is 2. The maximum atomic E-state index is 13.2. The summed E-state index contributed by atoms with van der Waals surface area (Å²) < 4.78 is 0. The van der Waals surface area contributed by atoms with Gasteiger partial charge in [-0.1, -0.05) is 23.2 Å². The van der Waals surface area contributed by atoms with Crippen molar-refractivity contribution in [1.29, 1.82) is 0 Å². The number of aliphatic hydroxyl groups excluding tert-OH is 1. The van der Waals surface area contributed by atoms with Gasteiger partial charge in [0.2, 0.25) is 0 Å². The lowest BCUT2D eigenvalue weighted by atomic mass is 10.1. The summed E-state index contributed by atoms with van der Waals surface area (Å²) in [6.45, 7) is 2.33. The molecule has 154 valence electrons. The average molecular weight is 454 g/mol. The van der Waals surface area contributed by atoms with Crippen LogP contribution in [0.1, 0.15) is 63.1 Å². The van der Waals surface area contributed by atoms with Crippen molar-refractivity contribution in [2.24, 2.45) is 0 Å². The van der Waals surface area contributed by atoms with Gasteiger partial charge in [-0.25, -0.2) is 4.98 Å². The number of rotatable bonds is 5. The first-order valence-corrected chi connectivity index (χ1v) is 11.1. The zero-order chi connectivity index (χ0) is 20.8.